The van der Waals surface area contributed by atoms with Gasteiger partial charge in [-0.3, -0.25) is 9.59 Å². The third-order valence-corrected chi connectivity index (χ3v) is 4.22. The molecule has 0 saturated carbocycles. The maximum Gasteiger partial charge on any atom is 0.306 e. The number of anilines is 1. The molecular weight excluding hydrogens is 395 g/mol. The normalized spacial score (nSPS) is 10.8. The first kappa shape index (κ1) is 21.7. The summed E-state index contributed by atoms with van der Waals surface area (Å²) >= 11 is 0.258. The standard InChI is InChI=1S/C18H18F3N3O3S/c1-10-14(11(2)23-18(22-10)28-17(20)21)6-7-16(26)27-9-15(25)24-13-5-3-4-12(19)8-13/h3-5,8,17H,6-7,9H2,1-2H3,(H,24,25). The third-order valence-electron chi connectivity index (χ3n) is 3.65. The van der Waals surface area contributed by atoms with Gasteiger partial charge in [0.15, 0.2) is 11.8 Å². The van der Waals surface area contributed by atoms with E-state index in [2.05, 4.69) is 15.3 Å². The Labute approximate surface area is 163 Å². The molecule has 0 unspecified atom stereocenters. The van der Waals surface area contributed by atoms with E-state index in [9.17, 15) is 22.8 Å². The second kappa shape index (κ2) is 10.1. The molecule has 0 bridgehead atoms. The van der Waals surface area contributed by atoms with Crippen molar-refractivity contribution in [2.24, 2.45) is 0 Å². The van der Waals surface area contributed by atoms with Crippen molar-refractivity contribution in [1.82, 2.24) is 9.97 Å². The van der Waals surface area contributed by atoms with E-state index < -0.39 is 30.1 Å². The Bertz CT molecular complexity index is 842. The number of esters is 1. The van der Waals surface area contributed by atoms with Crippen molar-refractivity contribution in [1.29, 1.82) is 0 Å². The van der Waals surface area contributed by atoms with Gasteiger partial charge >= 0.3 is 5.97 Å². The summed E-state index contributed by atoms with van der Waals surface area (Å²) in [5, 5.41) is 2.39. The molecule has 28 heavy (non-hydrogen) atoms. The predicted molar refractivity (Wildman–Crippen MR) is 97.7 cm³/mol. The number of ether oxygens (including phenoxy) is 1. The van der Waals surface area contributed by atoms with Crippen LogP contribution in [0.5, 0.6) is 0 Å². The summed E-state index contributed by atoms with van der Waals surface area (Å²) in [6.45, 7) is 2.79. The van der Waals surface area contributed by atoms with Gasteiger partial charge in [-0.25, -0.2) is 14.4 Å². The maximum atomic E-state index is 13.1. The van der Waals surface area contributed by atoms with Crippen LogP contribution in [-0.2, 0) is 20.7 Å². The molecule has 0 aliphatic carbocycles. The molecule has 1 heterocycles. The Balaban J connectivity index is 1.83. The number of amides is 1. The number of hydrogen-bond acceptors (Lipinski definition) is 6. The van der Waals surface area contributed by atoms with Gasteiger partial charge in [-0.1, -0.05) is 6.07 Å². The molecule has 10 heteroatoms. The minimum absolute atomic E-state index is 0.0228. The number of aromatic nitrogens is 2. The number of thioether (sulfide) groups is 1. The highest BCUT2D eigenvalue weighted by molar-refractivity contribution is 7.99. The molecule has 2 rings (SSSR count). The second-order valence-electron chi connectivity index (χ2n) is 5.75. The molecule has 2 aromatic rings. The van der Waals surface area contributed by atoms with Gasteiger partial charge < -0.3 is 10.1 Å². The molecule has 1 N–H and O–H groups in total. The van der Waals surface area contributed by atoms with Crippen LogP contribution < -0.4 is 5.32 Å². The first-order valence-electron chi connectivity index (χ1n) is 8.24. The van der Waals surface area contributed by atoms with Gasteiger partial charge in [0, 0.05) is 23.5 Å². The number of alkyl halides is 2. The Morgan fingerprint density at radius 2 is 1.89 bits per heavy atom. The molecule has 0 saturated heterocycles. The summed E-state index contributed by atoms with van der Waals surface area (Å²) in [5.74, 6) is -4.32. The molecule has 0 aliphatic heterocycles. The summed E-state index contributed by atoms with van der Waals surface area (Å²) in [6, 6.07) is 5.32. The Morgan fingerprint density at radius 3 is 2.50 bits per heavy atom. The number of rotatable bonds is 8. The predicted octanol–water partition coefficient (Wildman–Crippen LogP) is 3.66. The molecule has 6 nitrogen and oxygen atoms in total. The fraction of sp³-hybridized carbons (Fsp3) is 0.333. The number of nitrogens with zero attached hydrogens (tertiary/aromatic N) is 2. The van der Waals surface area contributed by atoms with Crippen LogP contribution >= 0.6 is 11.8 Å². The Hall–Kier alpha value is -2.62. The number of benzene rings is 1. The van der Waals surface area contributed by atoms with Crippen LogP contribution in [-0.4, -0.2) is 34.2 Å². The topological polar surface area (TPSA) is 81.2 Å². The smallest absolute Gasteiger partial charge is 0.306 e. The summed E-state index contributed by atoms with van der Waals surface area (Å²) in [7, 11) is 0. The van der Waals surface area contributed by atoms with Crippen LogP contribution in [0, 0.1) is 19.7 Å². The van der Waals surface area contributed by atoms with Gasteiger partial charge in [-0.15, -0.1) is 0 Å². The highest BCUT2D eigenvalue weighted by atomic mass is 32.2. The van der Waals surface area contributed by atoms with E-state index in [0.717, 1.165) is 6.07 Å². The van der Waals surface area contributed by atoms with Crippen molar-refractivity contribution in [2.45, 2.75) is 37.6 Å². The summed E-state index contributed by atoms with van der Waals surface area (Å²) < 4.78 is 42.8. The number of aryl methyl sites for hydroxylation is 2. The van der Waals surface area contributed by atoms with Crippen LogP contribution in [0.25, 0.3) is 0 Å². The first-order chi connectivity index (χ1) is 13.2. The van der Waals surface area contributed by atoms with Gasteiger partial charge in [-0.2, -0.15) is 8.78 Å². The van der Waals surface area contributed by atoms with E-state index in [4.69, 9.17) is 4.74 Å². The van der Waals surface area contributed by atoms with E-state index in [1.54, 1.807) is 13.8 Å². The molecule has 1 aromatic heterocycles. The van der Waals surface area contributed by atoms with Crippen LogP contribution in [0.15, 0.2) is 29.4 Å². The lowest BCUT2D eigenvalue weighted by Crippen LogP contribution is -2.21. The van der Waals surface area contributed by atoms with Gasteiger partial charge in [0.25, 0.3) is 11.7 Å². The summed E-state index contributed by atoms with van der Waals surface area (Å²) in [5.41, 5.74) is 1.94. The molecule has 1 aromatic carbocycles. The Morgan fingerprint density at radius 1 is 1.21 bits per heavy atom. The minimum atomic E-state index is -2.61. The number of carbonyl (C=O) groups excluding carboxylic acids is 2. The van der Waals surface area contributed by atoms with E-state index in [1.165, 1.54) is 18.2 Å². The number of carbonyl (C=O) groups is 2. The lowest BCUT2D eigenvalue weighted by atomic mass is 10.1. The quantitative estimate of drug-likeness (QED) is 0.404. The first-order valence-corrected chi connectivity index (χ1v) is 9.12. The van der Waals surface area contributed by atoms with Gasteiger partial charge in [0.1, 0.15) is 5.82 Å². The monoisotopic (exact) mass is 413 g/mol. The van der Waals surface area contributed by atoms with Crippen LogP contribution in [0.2, 0.25) is 0 Å². The molecule has 0 aliphatic rings. The third kappa shape index (κ3) is 6.84. The number of hydrogen-bond donors (Lipinski definition) is 1. The molecule has 0 radical (unpaired) electrons. The van der Waals surface area contributed by atoms with Crippen LogP contribution in [0.1, 0.15) is 23.4 Å². The molecule has 0 fully saturated rings. The average Bonchev–Trinajstić information content (AvgIpc) is 2.58. The number of nitrogens with one attached hydrogen (secondary N) is 1. The SMILES string of the molecule is Cc1nc(SC(F)F)nc(C)c1CCC(=O)OCC(=O)Nc1cccc(F)c1. The zero-order chi connectivity index (χ0) is 20.7. The van der Waals surface area contributed by atoms with Crippen LogP contribution in [0.3, 0.4) is 0 Å². The van der Waals surface area contributed by atoms with E-state index >= 15 is 0 Å². The number of halogens is 3. The fourth-order valence-electron chi connectivity index (χ4n) is 2.41. The van der Waals surface area contributed by atoms with Crippen LogP contribution in [0.4, 0.5) is 18.9 Å². The van der Waals surface area contributed by atoms with E-state index in [1.807, 2.05) is 0 Å². The zero-order valence-electron chi connectivity index (χ0n) is 15.2. The largest absolute Gasteiger partial charge is 0.456 e. The Kier molecular flexibility index (Phi) is 7.80. The second-order valence-corrected chi connectivity index (χ2v) is 6.71. The van der Waals surface area contributed by atoms with Crippen molar-refractivity contribution in [3.05, 3.63) is 47.0 Å². The van der Waals surface area contributed by atoms with Gasteiger partial charge in [0.2, 0.25) is 0 Å². The molecule has 0 atom stereocenters. The summed E-state index contributed by atoms with van der Waals surface area (Å²) in [4.78, 5) is 31.6. The maximum absolute atomic E-state index is 13.1. The van der Waals surface area contributed by atoms with Crippen molar-refractivity contribution in [3.8, 4) is 0 Å². The highest BCUT2D eigenvalue weighted by Gasteiger charge is 2.15. The van der Waals surface area contributed by atoms with Crippen molar-refractivity contribution in [2.75, 3.05) is 11.9 Å². The van der Waals surface area contributed by atoms with Gasteiger partial charge in [-0.05, 0) is 55.8 Å². The molecule has 1 amide bonds. The van der Waals surface area contributed by atoms with E-state index in [-0.39, 0.29) is 35.4 Å². The molecule has 0 spiro atoms. The van der Waals surface area contributed by atoms with Crippen molar-refractivity contribution < 1.29 is 27.5 Å². The van der Waals surface area contributed by atoms with Crippen molar-refractivity contribution in [3.63, 3.8) is 0 Å². The lowest BCUT2D eigenvalue weighted by molar-refractivity contribution is -0.147. The van der Waals surface area contributed by atoms with Crippen molar-refractivity contribution >= 4 is 29.3 Å². The minimum Gasteiger partial charge on any atom is -0.456 e. The summed E-state index contributed by atoms with van der Waals surface area (Å²) in [6.07, 6.45) is 0.223. The fourth-order valence-corrected chi connectivity index (χ4v) is 2.95. The van der Waals surface area contributed by atoms with E-state index in [0.29, 0.717) is 17.0 Å². The highest BCUT2D eigenvalue weighted by Crippen LogP contribution is 2.24. The van der Waals surface area contributed by atoms with Gasteiger partial charge in [0.05, 0.1) is 0 Å². The zero-order valence-corrected chi connectivity index (χ0v) is 16.0. The lowest BCUT2D eigenvalue weighted by Gasteiger charge is -2.10. The molecule has 150 valence electrons. The molecular formula is C18H18F3N3O3S. The average molecular weight is 413 g/mol.